The molecule has 9 heteroatoms. The second-order valence-electron chi connectivity index (χ2n) is 3.60. The Balaban J connectivity index is 2.50. The van der Waals surface area contributed by atoms with Gasteiger partial charge >= 0.3 is 0 Å². The summed E-state index contributed by atoms with van der Waals surface area (Å²) in [6.07, 6.45) is 3.42. The fourth-order valence-corrected chi connectivity index (χ4v) is 1.92. The Kier molecular flexibility index (Phi) is 4.27. The quantitative estimate of drug-likeness (QED) is 0.221. The first kappa shape index (κ1) is 14.0. The Morgan fingerprint density at radius 2 is 2.15 bits per heavy atom. The molecule has 104 valence electrons. The van der Waals surface area contributed by atoms with Crippen molar-refractivity contribution in [2.24, 2.45) is 4.99 Å². The van der Waals surface area contributed by atoms with E-state index in [1.54, 1.807) is 12.4 Å². The van der Waals surface area contributed by atoms with Crippen LogP contribution >= 0.6 is 11.8 Å². The van der Waals surface area contributed by atoms with E-state index in [1.165, 1.54) is 23.9 Å². The predicted octanol–water partition coefficient (Wildman–Crippen LogP) is 1.79. The minimum Gasteiger partial charge on any atom is -0.486 e. The van der Waals surface area contributed by atoms with E-state index in [0.29, 0.717) is 24.7 Å². The topological polar surface area (TPSA) is 110 Å². The Hall–Kier alpha value is -2.47. The van der Waals surface area contributed by atoms with Crippen molar-refractivity contribution in [2.75, 3.05) is 19.5 Å². The number of nitrogens with one attached hydrogen (secondary N) is 1. The van der Waals surface area contributed by atoms with Crippen LogP contribution < -0.4 is 14.8 Å². The van der Waals surface area contributed by atoms with Crippen molar-refractivity contribution in [3.8, 4) is 17.7 Å². The second-order valence-corrected chi connectivity index (χ2v) is 4.39. The molecule has 1 aromatic carbocycles. The maximum Gasteiger partial charge on any atom is 0.298 e. The summed E-state index contributed by atoms with van der Waals surface area (Å²) in [5.41, 5.74) is -0.105. The fourth-order valence-electron chi connectivity index (χ4n) is 1.58. The van der Waals surface area contributed by atoms with E-state index >= 15 is 0 Å². The molecule has 1 aliphatic heterocycles. The summed E-state index contributed by atoms with van der Waals surface area (Å²) >= 11 is 1.17. The average molecular weight is 294 g/mol. The van der Waals surface area contributed by atoms with Gasteiger partial charge in [0.1, 0.15) is 18.9 Å². The number of amidine groups is 1. The van der Waals surface area contributed by atoms with Gasteiger partial charge < -0.3 is 9.47 Å². The molecule has 0 bridgehead atoms. The van der Waals surface area contributed by atoms with Crippen molar-refractivity contribution in [2.45, 2.75) is 0 Å². The first-order valence-corrected chi connectivity index (χ1v) is 6.74. The first-order chi connectivity index (χ1) is 9.65. The first-order valence-electron chi connectivity index (χ1n) is 5.51. The van der Waals surface area contributed by atoms with Gasteiger partial charge in [0, 0.05) is 6.07 Å². The predicted molar refractivity (Wildman–Crippen MR) is 73.4 cm³/mol. The van der Waals surface area contributed by atoms with Crippen molar-refractivity contribution in [1.82, 2.24) is 5.32 Å². The molecule has 0 radical (unpaired) electrons. The highest BCUT2D eigenvalue weighted by molar-refractivity contribution is 8.13. The third kappa shape index (κ3) is 2.92. The number of benzene rings is 1. The summed E-state index contributed by atoms with van der Waals surface area (Å²) in [7, 11) is 0. The molecule has 2 rings (SSSR count). The third-order valence-electron chi connectivity index (χ3n) is 2.41. The van der Waals surface area contributed by atoms with E-state index in [4.69, 9.17) is 14.7 Å². The van der Waals surface area contributed by atoms with Crippen molar-refractivity contribution in [3.63, 3.8) is 0 Å². The van der Waals surface area contributed by atoms with E-state index in [2.05, 4.69) is 10.3 Å². The van der Waals surface area contributed by atoms with E-state index < -0.39 is 4.92 Å². The van der Waals surface area contributed by atoms with Crippen LogP contribution in [0, 0.1) is 21.6 Å². The van der Waals surface area contributed by atoms with Crippen LogP contribution in [-0.4, -0.2) is 29.6 Å². The summed E-state index contributed by atoms with van der Waals surface area (Å²) in [4.78, 5) is 14.6. The van der Waals surface area contributed by atoms with Gasteiger partial charge in [-0.05, 0) is 6.26 Å². The number of hydrogen-bond donors (Lipinski definition) is 1. The zero-order valence-electron chi connectivity index (χ0n) is 10.5. The Morgan fingerprint density at radius 1 is 1.50 bits per heavy atom. The molecule has 0 unspecified atom stereocenters. The highest BCUT2D eigenvalue weighted by Crippen LogP contribution is 2.40. The molecule has 1 aromatic rings. The number of ether oxygens (including phenoxy) is 2. The molecule has 0 saturated carbocycles. The molecule has 8 nitrogen and oxygen atoms in total. The lowest BCUT2D eigenvalue weighted by molar-refractivity contribution is -0.384. The van der Waals surface area contributed by atoms with E-state index in [1.807, 2.05) is 0 Å². The molecule has 20 heavy (non-hydrogen) atoms. The molecule has 0 saturated heterocycles. The highest BCUT2D eigenvalue weighted by atomic mass is 32.2. The van der Waals surface area contributed by atoms with Gasteiger partial charge in [0.2, 0.25) is 0 Å². The van der Waals surface area contributed by atoms with Gasteiger partial charge in [-0.2, -0.15) is 5.26 Å². The highest BCUT2D eigenvalue weighted by Gasteiger charge is 2.22. The number of hydrogen-bond acceptors (Lipinski definition) is 7. The largest absolute Gasteiger partial charge is 0.486 e. The maximum atomic E-state index is 11.1. The van der Waals surface area contributed by atoms with Gasteiger partial charge in [-0.3, -0.25) is 15.4 Å². The summed E-state index contributed by atoms with van der Waals surface area (Å²) in [5.74, 6) is 0.721. The number of nitriles is 1. The molecular weight excluding hydrogens is 284 g/mol. The van der Waals surface area contributed by atoms with Crippen molar-refractivity contribution < 1.29 is 14.4 Å². The second kappa shape index (κ2) is 6.12. The summed E-state index contributed by atoms with van der Waals surface area (Å²) in [6.45, 7) is 0.721. The molecule has 1 aliphatic rings. The lowest BCUT2D eigenvalue weighted by Crippen LogP contribution is -2.16. The smallest absolute Gasteiger partial charge is 0.298 e. The molecule has 0 spiro atoms. The van der Waals surface area contributed by atoms with Crippen LogP contribution in [0.1, 0.15) is 0 Å². The van der Waals surface area contributed by atoms with Gasteiger partial charge in [-0.1, -0.05) is 11.8 Å². The lowest BCUT2D eigenvalue weighted by Gasteiger charge is -2.18. The van der Waals surface area contributed by atoms with E-state index in [9.17, 15) is 10.1 Å². The average Bonchev–Trinajstić information content (AvgIpc) is 2.45. The minimum absolute atomic E-state index is 0.103. The van der Waals surface area contributed by atoms with Gasteiger partial charge in [-0.15, -0.1) is 0 Å². The minimum atomic E-state index is -0.554. The number of nitro benzene ring substituents is 1. The van der Waals surface area contributed by atoms with Crippen LogP contribution in [0.4, 0.5) is 11.4 Å². The van der Waals surface area contributed by atoms with Crippen molar-refractivity contribution >= 4 is 28.3 Å². The zero-order valence-corrected chi connectivity index (χ0v) is 11.3. The van der Waals surface area contributed by atoms with Crippen LogP contribution in [0.5, 0.6) is 11.5 Å². The van der Waals surface area contributed by atoms with Gasteiger partial charge in [-0.25, -0.2) is 4.99 Å². The van der Waals surface area contributed by atoms with Gasteiger partial charge in [0.25, 0.3) is 5.69 Å². The standard InChI is InChI=1S/C11H10N4O4S/c1-20-11(13-6-12)14-7-4-9-10(19-3-2-18-9)5-8(7)15(16)17/h4-5H,2-3H2,1H3,(H,13,14). The molecule has 0 amide bonds. The molecule has 1 heterocycles. The van der Waals surface area contributed by atoms with Gasteiger partial charge in [0.05, 0.1) is 11.0 Å². The monoisotopic (exact) mass is 294 g/mol. The third-order valence-corrected chi connectivity index (χ3v) is 2.99. The van der Waals surface area contributed by atoms with Crippen LogP contribution in [-0.2, 0) is 0 Å². The van der Waals surface area contributed by atoms with E-state index in [0.717, 1.165) is 0 Å². The Labute approximate surface area is 118 Å². The zero-order chi connectivity index (χ0) is 14.5. The number of nitrogens with zero attached hydrogens (tertiary/aromatic N) is 3. The van der Waals surface area contributed by atoms with E-state index in [-0.39, 0.29) is 16.5 Å². The summed E-state index contributed by atoms with van der Waals surface area (Å²) in [5, 5.41) is 22.3. The molecule has 0 fully saturated rings. The normalized spacial score (nSPS) is 13.5. The maximum absolute atomic E-state index is 11.1. The van der Waals surface area contributed by atoms with Crippen molar-refractivity contribution in [1.29, 1.82) is 5.26 Å². The number of fused-ring (bicyclic) bond motifs is 1. The lowest BCUT2D eigenvalue weighted by atomic mass is 10.2. The SMILES string of the molecule is CSC(=Nc1cc2c(cc1[N+](=O)[O-])OCCO2)NC#N. The molecular formula is C11H10N4O4S. The van der Waals surface area contributed by atoms with Crippen LogP contribution in [0.15, 0.2) is 17.1 Å². The van der Waals surface area contributed by atoms with Crippen LogP contribution in [0.25, 0.3) is 0 Å². The Morgan fingerprint density at radius 3 is 2.70 bits per heavy atom. The fraction of sp³-hybridized carbons (Fsp3) is 0.273. The summed E-state index contributed by atoms with van der Waals surface area (Å²) < 4.78 is 10.7. The Bertz CT molecular complexity index is 611. The van der Waals surface area contributed by atoms with Crippen LogP contribution in [0.2, 0.25) is 0 Å². The number of aliphatic imine (C=N–C) groups is 1. The number of rotatable bonds is 2. The molecule has 0 aromatic heterocycles. The summed E-state index contributed by atoms with van der Waals surface area (Å²) in [6, 6.07) is 2.71. The molecule has 0 atom stereocenters. The van der Waals surface area contributed by atoms with Gasteiger partial charge in [0.15, 0.2) is 22.9 Å². The molecule has 0 aliphatic carbocycles. The number of nitro groups is 1. The van der Waals surface area contributed by atoms with Crippen LogP contribution in [0.3, 0.4) is 0 Å². The molecule has 1 N–H and O–H groups in total. The van der Waals surface area contributed by atoms with Crippen molar-refractivity contribution in [3.05, 3.63) is 22.2 Å². The number of thioether (sulfide) groups is 1.